The first-order chi connectivity index (χ1) is 9.79. The van der Waals surface area contributed by atoms with Crippen molar-refractivity contribution in [3.8, 4) is 0 Å². The van der Waals surface area contributed by atoms with Gasteiger partial charge in [-0.3, -0.25) is 4.79 Å². The fourth-order valence-electron chi connectivity index (χ4n) is 2.08. The van der Waals surface area contributed by atoms with Crippen LogP contribution in [0, 0.1) is 13.8 Å². The van der Waals surface area contributed by atoms with Crippen molar-refractivity contribution in [2.45, 2.75) is 13.8 Å². The van der Waals surface area contributed by atoms with Gasteiger partial charge < -0.3 is 15.5 Å². The minimum absolute atomic E-state index is 0.136. The SMILES string of the molecule is Cc1cc(C)cc(N(C)C(=O)c2sc(N(C)C)nc2N)c1. The third-order valence-electron chi connectivity index (χ3n) is 3.12. The molecule has 0 fully saturated rings. The molecule has 0 atom stereocenters. The number of aryl methyl sites for hydroxylation is 2. The van der Waals surface area contributed by atoms with E-state index in [1.54, 1.807) is 11.9 Å². The largest absolute Gasteiger partial charge is 0.382 e. The first-order valence-corrected chi connectivity index (χ1v) is 7.41. The summed E-state index contributed by atoms with van der Waals surface area (Å²) in [6, 6.07) is 6.04. The summed E-state index contributed by atoms with van der Waals surface area (Å²) in [5.41, 5.74) is 8.98. The Morgan fingerprint density at radius 2 is 1.71 bits per heavy atom. The summed E-state index contributed by atoms with van der Waals surface area (Å²) in [6.07, 6.45) is 0. The summed E-state index contributed by atoms with van der Waals surface area (Å²) < 4.78 is 0. The van der Waals surface area contributed by atoms with E-state index in [-0.39, 0.29) is 11.7 Å². The van der Waals surface area contributed by atoms with Crippen molar-refractivity contribution in [1.29, 1.82) is 0 Å². The van der Waals surface area contributed by atoms with Crippen molar-refractivity contribution in [3.63, 3.8) is 0 Å². The van der Waals surface area contributed by atoms with Crippen LogP contribution in [-0.4, -0.2) is 32.0 Å². The monoisotopic (exact) mass is 304 g/mol. The first-order valence-electron chi connectivity index (χ1n) is 6.59. The number of nitrogens with two attached hydrogens (primary N) is 1. The zero-order valence-corrected chi connectivity index (χ0v) is 13.8. The fourth-order valence-corrected chi connectivity index (χ4v) is 2.96. The van der Waals surface area contributed by atoms with Gasteiger partial charge in [0.15, 0.2) is 5.13 Å². The van der Waals surface area contributed by atoms with Crippen LogP contribution in [0.25, 0.3) is 0 Å². The average Bonchev–Trinajstić information content (AvgIpc) is 2.78. The average molecular weight is 304 g/mol. The lowest BCUT2D eigenvalue weighted by Crippen LogP contribution is -2.26. The molecule has 5 nitrogen and oxygen atoms in total. The van der Waals surface area contributed by atoms with Crippen LogP contribution in [0.1, 0.15) is 20.8 Å². The van der Waals surface area contributed by atoms with Gasteiger partial charge in [-0.05, 0) is 37.1 Å². The van der Waals surface area contributed by atoms with E-state index in [4.69, 9.17) is 5.73 Å². The predicted molar refractivity (Wildman–Crippen MR) is 89.5 cm³/mol. The van der Waals surface area contributed by atoms with E-state index >= 15 is 0 Å². The number of carbonyl (C=O) groups excluding carboxylic acids is 1. The van der Waals surface area contributed by atoms with E-state index in [1.165, 1.54) is 11.3 Å². The van der Waals surface area contributed by atoms with Gasteiger partial charge in [0.2, 0.25) is 0 Å². The number of hydrogen-bond donors (Lipinski definition) is 1. The van der Waals surface area contributed by atoms with Crippen LogP contribution < -0.4 is 15.5 Å². The Bertz CT molecular complexity index is 658. The Kier molecular flexibility index (Phi) is 4.18. The molecule has 21 heavy (non-hydrogen) atoms. The van der Waals surface area contributed by atoms with Crippen LogP contribution in [0.2, 0.25) is 0 Å². The number of benzene rings is 1. The molecule has 1 aromatic heterocycles. The lowest BCUT2D eigenvalue weighted by atomic mass is 10.1. The van der Waals surface area contributed by atoms with Crippen molar-refractivity contribution in [1.82, 2.24) is 4.98 Å². The molecule has 0 saturated carbocycles. The molecule has 0 aliphatic carbocycles. The second-order valence-corrected chi connectivity index (χ2v) is 6.29. The number of nitrogen functional groups attached to an aromatic ring is 1. The maximum absolute atomic E-state index is 12.6. The van der Waals surface area contributed by atoms with Gasteiger partial charge in [0.05, 0.1) is 0 Å². The van der Waals surface area contributed by atoms with E-state index in [0.29, 0.717) is 4.88 Å². The van der Waals surface area contributed by atoms with Crippen molar-refractivity contribution in [3.05, 3.63) is 34.2 Å². The molecule has 2 rings (SSSR count). The molecule has 0 unspecified atom stereocenters. The highest BCUT2D eigenvalue weighted by Gasteiger charge is 2.21. The molecule has 2 aromatic rings. The topological polar surface area (TPSA) is 62.5 Å². The number of nitrogens with zero attached hydrogens (tertiary/aromatic N) is 3. The van der Waals surface area contributed by atoms with Gasteiger partial charge in [-0.1, -0.05) is 17.4 Å². The van der Waals surface area contributed by atoms with Gasteiger partial charge in [0, 0.05) is 26.8 Å². The van der Waals surface area contributed by atoms with Gasteiger partial charge in [-0.25, -0.2) is 4.98 Å². The normalized spacial score (nSPS) is 10.5. The quantitative estimate of drug-likeness (QED) is 0.947. The second kappa shape index (κ2) is 5.73. The summed E-state index contributed by atoms with van der Waals surface area (Å²) in [4.78, 5) is 20.8. The Morgan fingerprint density at radius 3 is 2.19 bits per heavy atom. The van der Waals surface area contributed by atoms with Crippen molar-refractivity contribution >= 4 is 33.9 Å². The van der Waals surface area contributed by atoms with Crippen molar-refractivity contribution < 1.29 is 4.79 Å². The standard InChI is InChI=1S/C15H20N4OS/c1-9-6-10(2)8-11(7-9)19(5)14(20)12-13(16)17-15(21-12)18(3)4/h6-8H,16H2,1-5H3. The molecule has 1 heterocycles. The predicted octanol–water partition coefficient (Wildman–Crippen LogP) is 2.68. The lowest BCUT2D eigenvalue weighted by molar-refractivity contribution is 0.0997. The molecule has 112 valence electrons. The number of anilines is 3. The Balaban J connectivity index is 2.35. The molecule has 0 radical (unpaired) electrons. The van der Waals surface area contributed by atoms with E-state index in [0.717, 1.165) is 21.9 Å². The third kappa shape index (κ3) is 3.16. The molecule has 0 saturated heterocycles. The van der Waals surface area contributed by atoms with Crippen LogP contribution in [0.15, 0.2) is 18.2 Å². The van der Waals surface area contributed by atoms with Gasteiger partial charge in [-0.15, -0.1) is 0 Å². The zero-order valence-electron chi connectivity index (χ0n) is 13.0. The van der Waals surface area contributed by atoms with Crippen molar-refractivity contribution in [2.75, 3.05) is 36.7 Å². The molecule has 1 amide bonds. The fraction of sp³-hybridized carbons (Fsp3) is 0.333. The Labute approximate surface area is 129 Å². The summed E-state index contributed by atoms with van der Waals surface area (Å²) in [7, 11) is 5.51. The van der Waals surface area contributed by atoms with E-state index in [2.05, 4.69) is 11.1 Å². The van der Waals surface area contributed by atoms with Crippen LogP contribution in [-0.2, 0) is 0 Å². The van der Waals surface area contributed by atoms with Crippen LogP contribution in [0.5, 0.6) is 0 Å². The maximum Gasteiger partial charge on any atom is 0.272 e. The molecule has 0 spiro atoms. The van der Waals surface area contributed by atoms with Gasteiger partial charge >= 0.3 is 0 Å². The first kappa shape index (κ1) is 15.3. The summed E-state index contributed by atoms with van der Waals surface area (Å²) in [5.74, 6) is 0.146. The number of amides is 1. The summed E-state index contributed by atoms with van der Waals surface area (Å²) in [6.45, 7) is 4.03. The van der Waals surface area contributed by atoms with Gasteiger partial charge in [0.25, 0.3) is 5.91 Å². The highest BCUT2D eigenvalue weighted by molar-refractivity contribution is 7.18. The molecule has 1 aromatic carbocycles. The highest BCUT2D eigenvalue weighted by Crippen LogP contribution is 2.29. The van der Waals surface area contributed by atoms with E-state index in [1.807, 2.05) is 45.0 Å². The molecular formula is C15H20N4OS. The number of hydrogen-bond acceptors (Lipinski definition) is 5. The minimum atomic E-state index is -0.136. The summed E-state index contributed by atoms with van der Waals surface area (Å²) >= 11 is 1.31. The molecule has 0 bridgehead atoms. The second-order valence-electron chi connectivity index (χ2n) is 5.32. The number of thiazole rings is 1. The number of rotatable bonds is 3. The van der Waals surface area contributed by atoms with Crippen LogP contribution in [0.3, 0.4) is 0 Å². The summed E-state index contributed by atoms with van der Waals surface area (Å²) in [5, 5.41) is 0.727. The Hall–Kier alpha value is -2.08. The van der Waals surface area contributed by atoms with E-state index < -0.39 is 0 Å². The molecule has 0 aliphatic heterocycles. The highest BCUT2D eigenvalue weighted by atomic mass is 32.1. The van der Waals surface area contributed by atoms with Crippen LogP contribution in [0.4, 0.5) is 16.6 Å². The smallest absolute Gasteiger partial charge is 0.272 e. The Morgan fingerprint density at radius 1 is 1.14 bits per heavy atom. The third-order valence-corrected chi connectivity index (χ3v) is 4.34. The van der Waals surface area contributed by atoms with Crippen molar-refractivity contribution in [2.24, 2.45) is 0 Å². The molecule has 2 N–H and O–H groups in total. The lowest BCUT2D eigenvalue weighted by Gasteiger charge is -2.18. The van der Waals surface area contributed by atoms with Crippen LogP contribution >= 0.6 is 11.3 Å². The van der Waals surface area contributed by atoms with Gasteiger partial charge in [0.1, 0.15) is 10.7 Å². The number of aromatic nitrogens is 1. The van der Waals surface area contributed by atoms with E-state index in [9.17, 15) is 4.79 Å². The molecule has 6 heteroatoms. The zero-order chi connectivity index (χ0) is 15.7. The molecular weight excluding hydrogens is 284 g/mol. The molecule has 0 aliphatic rings. The minimum Gasteiger partial charge on any atom is -0.382 e. The maximum atomic E-state index is 12.6. The number of carbonyl (C=O) groups is 1. The van der Waals surface area contributed by atoms with Gasteiger partial charge in [-0.2, -0.15) is 0 Å².